The molecule has 54 valence electrons. The van der Waals surface area contributed by atoms with E-state index in [1.807, 2.05) is 0 Å². The molecule has 1 unspecified atom stereocenters. The van der Waals surface area contributed by atoms with E-state index in [4.69, 9.17) is 4.74 Å². The first-order chi connectivity index (χ1) is 4.11. The lowest BCUT2D eigenvalue weighted by atomic mass is 10.7. The van der Waals surface area contributed by atoms with E-state index < -0.39 is 8.07 Å². The van der Waals surface area contributed by atoms with Crippen LogP contribution in [0.5, 0.6) is 0 Å². The smallest absolute Gasteiger partial charge is 0.0968 e. The summed E-state index contributed by atoms with van der Waals surface area (Å²) in [5.74, 6) is 0.400. The summed E-state index contributed by atoms with van der Waals surface area (Å²) in [6, 6.07) is 0. The van der Waals surface area contributed by atoms with Gasteiger partial charge in [-0.3, -0.25) is 5.32 Å². The van der Waals surface area contributed by atoms with E-state index in [0.717, 1.165) is 13.2 Å². The molecule has 0 aliphatic carbocycles. The van der Waals surface area contributed by atoms with Gasteiger partial charge in [0.25, 0.3) is 0 Å². The topological polar surface area (TPSA) is 21.3 Å². The Labute approximate surface area is 57.6 Å². The van der Waals surface area contributed by atoms with Gasteiger partial charge in [-0.25, -0.2) is 0 Å². The van der Waals surface area contributed by atoms with Gasteiger partial charge in [0.05, 0.1) is 20.5 Å². The highest BCUT2D eigenvalue weighted by molar-refractivity contribution is 6.77. The van der Waals surface area contributed by atoms with Crippen molar-refractivity contribution in [1.82, 2.24) is 5.32 Å². The molecule has 1 saturated heterocycles. The second-order valence-electron chi connectivity index (χ2n) is 3.57. The summed E-state index contributed by atoms with van der Waals surface area (Å²) in [5, 5.41) is 3.34. The molecule has 2 nitrogen and oxygen atoms in total. The number of rotatable bonds is 1. The minimum Gasteiger partial charge on any atom is -0.366 e. The molecular formula is C6H15NOSi. The van der Waals surface area contributed by atoms with Crippen LogP contribution in [0.1, 0.15) is 0 Å². The molecule has 1 N–H and O–H groups in total. The van der Waals surface area contributed by atoms with E-state index in [1.54, 1.807) is 0 Å². The van der Waals surface area contributed by atoms with Crippen molar-refractivity contribution < 1.29 is 4.74 Å². The number of hydrogen-bond acceptors (Lipinski definition) is 2. The zero-order valence-corrected chi connectivity index (χ0v) is 7.40. The lowest BCUT2D eigenvalue weighted by Crippen LogP contribution is -2.45. The maximum Gasteiger partial charge on any atom is 0.0968 e. The SMILES string of the molecule is C[Si](C)(C)C1NCCO1. The van der Waals surface area contributed by atoms with Crippen LogP contribution >= 0.6 is 0 Å². The minimum atomic E-state index is -1.06. The second kappa shape index (κ2) is 2.40. The summed E-state index contributed by atoms with van der Waals surface area (Å²) >= 11 is 0. The third-order valence-electron chi connectivity index (χ3n) is 1.50. The van der Waals surface area contributed by atoms with Crippen LogP contribution in [0.15, 0.2) is 0 Å². The van der Waals surface area contributed by atoms with Gasteiger partial charge in [0.15, 0.2) is 0 Å². The first kappa shape index (κ1) is 7.25. The molecule has 0 amide bonds. The Bertz CT molecular complexity index is 93.7. The summed E-state index contributed by atoms with van der Waals surface area (Å²) in [4.78, 5) is 0. The minimum absolute atomic E-state index is 0.400. The van der Waals surface area contributed by atoms with Crippen molar-refractivity contribution in [3.63, 3.8) is 0 Å². The van der Waals surface area contributed by atoms with Gasteiger partial charge < -0.3 is 4.74 Å². The summed E-state index contributed by atoms with van der Waals surface area (Å²) in [7, 11) is -1.06. The molecular weight excluding hydrogens is 130 g/mol. The third kappa shape index (κ3) is 1.78. The average molecular weight is 145 g/mol. The number of nitrogens with one attached hydrogen (secondary N) is 1. The molecule has 1 atom stereocenters. The van der Waals surface area contributed by atoms with Crippen molar-refractivity contribution in [1.29, 1.82) is 0 Å². The first-order valence-electron chi connectivity index (χ1n) is 3.46. The summed E-state index contributed by atoms with van der Waals surface area (Å²) in [6.45, 7) is 8.88. The van der Waals surface area contributed by atoms with Gasteiger partial charge in [-0.2, -0.15) is 0 Å². The Balaban J connectivity index is 2.42. The van der Waals surface area contributed by atoms with Crippen molar-refractivity contribution >= 4 is 8.07 Å². The largest absolute Gasteiger partial charge is 0.366 e. The lowest BCUT2D eigenvalue weighted by Gasteiger charge is -2.23. The van der Waals surface area contributed by atoms with Crippen LogP contribution in [0.2, 0.25) is 19.6 Å². The fraction of sp³-hybridized carbons (Fsp3) is 1.00. The molecule has 0 saturated carbocycles. The molecule has 1 fully saturated rings. The Kier molecular flexibility index (Phi) is 1.93. The van der Waals surface area contributed by atoms with Crippen molar-refractivity contribution in [3.8, 4) is 0 Å². The molecule has 1 heterocycles. The maximum atomic E-state index is 5.47. The van der Waals surface area contributed by atoms with Crippen molar-refractivity contribution in [3.05, 3.63) is 0 Å². The molecule has 0 aromatic rings. The van der Waals surface area contributed by atoms with Crippen LogP contribution in [0.25, 0.3) is 0 Å². The highest BCUT2D eigenvalue weighted by atomic mass is 28.3. The molecule has 0 bridgehead atoms. The van der Waals surface area contributed by atoms with Gasteiger partial charge in [-0.05, 0) is 0 Å². The molecule has 0 aromatic carbocycles. The Morgan fingerprint density at radius 1 is 1.44 bits per heavy atom. The fourth-order valence-corrected chi connectivity index (χ4v) is 2.36. The van der Waals surface area contributed by atoms with Gasteiger partial charge in [0, 0.05) is 6.54 Å². The van der Waals surface area contributed by atoms with Crippen molar-refractivity contribution in [2.24, 2.45) is 0 Å². The van der Waals surface area contributed by atoms with Crippen LogP contribution in [0.3, 0.4) is 0 Å². The zero-order valence-electron chi connectivity index (χ0n) is 6.40. The van der Waals surface area contributed by atoms with E-state index in [-0.39, 0.29) is 0 Å². The normalized spacial score (nSPS) is 29.0. The number of hydrogen-bond donors (Lipinski definition) is 1. The molecule has 1 rings (SSSR count). The molecule has 3 heteroatoms. The van der Waals surface area contributed by atoms with Crippen molar-refractivity contribution in [2.75, 3.05) is 13.2 Å². The standard InChI is InChI=1S/C6H15NOSi/c1-9(2,3)6-7-4-5-8-6/h6-7H,4-5H2,1-3H3. The Morgan fingerprint density at radius 2 is 2.11 bits per heavy atom. The average Bonchev–Trinajstić information content (AvgIpc) is 2.08. The van der Waals surface area contributed by atoms with Crippen molar-refractivity contribution in [2.45, 2.75) is 25.5 Å². The predicted molar refractivity (Wildman–Crippen MR) is 41.1 cm³/mol. The summed E-state index contributed by atoms with van der Waals surface area (Å²) in [6.07, 6.45) is 0. The van der Waals surface area contributed by atoms with Gasteiger partial charge in [0.2, 0.25) is 0 Å². The van der Waals surface area contributed by atoms with Gasteiger partial charge in [-0.15, -0.1) is 0 Å². The molecule has 1 aliphatic rings. The fourth-order valence-electron chi connectivity index (χ4n) is 0.982. The molecule has 0 aromatic heterocycles. The predicted octanol–water partition coefficient (Wildman–Crippen LogP) is 0.810. The first-order valence-corrected chi connectivity index (χ1v) is 7.03. The zero-order chi connectivity index (χ0) is 6.91. The molecule has 0 spiro atoms. The number of ether oxygens (including phenoxy) is 1. The van der Waals surface area contributed by atoms with Gasteiger partial charge in [-0.1, -0.05) is 19.6 Å². The van der Waals surface area contributed by atoms with Crippen LogP contribution < -0.4 is 5.32 Å². The molecule has 9 heavy (non-hydrogen) atoms. The van der Waals surface area contributed by atoms with Crippen LogP contribution in [-0.2, 0) is 4.74 Å². The van der Waals surface area contributed by atoms with Crippen LogP contribution in [0.4, 0.5) is 0 Å². The Hall–Kier alpha value is 0.137. The molecule has 0 radical (unpaired) electrons. The van der Waals surface area contributed by atoms with Crippen LogP contribution in [-0.4, -0.2) is 27.1 Å². The summed E-state index contributed by atoms with van der Waals surface area (Å²) < 4.78 is 5.47. The maximum absolute atomic E-state index is 5.47. The van der Waals surface area contributed by atoms with E-state index in [0.29, 0.717) is 5.85 Å². The lowest BCUT2D eigenvalue weighted by molar-refractivity contribution is 0.154. The highest BCUT2D eigenvalue weighted by Crippen LogP contribution is 2.11. The summed E-state index contributed by atoms with van der Waals surface area (Å²) in [5.41, 5.74) is 0. The third-order valence-corrected chi connectivity index (χ3v) is 3.45. The van der Waals surface area contributed by atoms with E-state index in [2.05, 4.69) is 25.0 Å². The highest BCUT2D eigenvalue weighted by Gasteiger charge is 2.29. The monoisotopic (exact) mass is 145 g/mol. The molecule has 1 aliphatic heterocycles. The Morgan fingerprint density at radius 3 is 2.33 bits per heavy atom. The van der Waals surface area contributed by atoms with Crippen LogP contribution in [0, 0.1) is 0 Å². The van der Waals surface area contributed by atoms with Gasteiger partial charge in [0.1, 0.15) is 0 Å². The van der Waals surface area contributed by atoms with E-state index in [1.165, 1.54) is 0 Å². The van der Waals surface area contributed by atoms with E-state index in [9.17, 15) is 0 Å². The van der Waals surface area contributed by atoms with E-state index >= 15 is 0 Å². The quantitative estimate of drug-likeness (QED) is 0.551. The second-order valence-corrected chi connectivity index (χ2v) is 8.83. The van der Waals surface area contributed by atoms with Gasteiger partial charge >= 0.3 is 0 Å².